The summed E-state index contributed by atoms with van der Waals surface area (Å²) in [4.78, 5) is 23.4. The third-order valence-corrected chi connectivity index (χ3v) is 2.42. The van der Waals surface area contributed by atoms with Gasteiger partial charge in [0.1, 0.15) is 0 Å². The number of benzene rings is 1. The van der Waals surface area contributed by atoms with E-state index in [1.807, 2.05) is 6.92 Å². The Balaban J connectivity index is 2.90. The first-order chi connectivity index (χ1) is 9.49. The molecule has 1 amide bonds. The summed E-state index contributed by atoms with van der Waals surface area (Å²) < 4.78 is 5.10. The Morgan fingerprint density at radius 3 is 2.40 bits per heavy atom. The summed E-state index contributed by atoms with van der Waals surface area (Å²) in [6.07, 6.45) is 1.06. The summed E-state index contributed by atoms with van der Waals surface area (Å²) in [5, 5.41) is 1.38. The molecule has 5 nitrogen and oxygen atoms in total. The quantitative estimate of drug-likeness (QED) is 0.492. The summed E-state index contributed by atoms with van der Waals surface area (Å²) >= 11 is 0. The van der Waals surface area contributed by atoms with Gasteiger partial charge in [-0.15, -0.1) is 0 Å². The zero-order valence-electron chi connectivity index (χ0n) is 12.1. The molecule has 20 heavy (non-hydrogen) atoms. The molecule has 0 heterocycles. The van der Waals surface area contributed by atoms with E-state index in [0.717, 1.165) is 0 Å². The van der Waals surface area contributed by atoms with Crippen LogP contribution in [0.1, 0.15) is 31.1 Å². The molecule has 0 aliphatic heterocycles. The number of hydrogen-bond donors (Lipinski definition) is 1. The van der Waals surface area contributed by atoms with Crippen LogP contribution in [0.25, 0.3) is 0 Å². The van der Waals surface area contributed by atoms with Gasteiger partial charge in [0.05, 0.1) is 17.4 Å². The first-order valence-electron chi connectivity index (χ1n) is 6.50. The Morgan fingerprint density at radius 2 is 1.95 bits per heavy atom. The molecule has 0 unspecified atom stereocenters. The van der Waals surface area contributed by atoms with Crippen molar-refractivity contribution < 1.29 is 14.3 Å². The van der Waals surface area contributed by atoms with Gasteiger partial charge in [0.2, 0.25) is 0 Å². The lowest BCUT2D eigenvalue weighted by molar-refractivity contribution is -0.114. The molecule has 0 atom stereocenters. The van der Waals surface area contributed by atoms with Crippen molar-refractivity contribution in [1.82, 2.24) is 5.43 Å². The normalized spacial score (nSPS) is 10.2. The van der Waals surface area contributed by atoms with Gasteiger partial charge in [0.15, 0.2) is 0 Å². The predicted molar refractivity (Wildman–Crippen MR) is 78.4 cm³/mol. The molecule has 108 valence electrons. The third-order valence-electron chi connectivity index (χ3n) is 2.42. The second kappa shape index (κ2) is 7.45. The average molecular weight is 276 g/mol. The predicted octanol–water partition coefficient (Wildman–Crippen LogP) is 2.30. The molecule has 0 aliphatic carbocycles. The van der Waals surface area contributed by atoms with Gasteiger partial charge in [-0.1, -0.05) is 13.5 Å². The SMILES string of the molecule is C=CC(=O)N(NCC)c1ccc(C(=O)OC(C)C)cc1. The fourth-order valence-corrected chi connectivity index (χ4v) is 1.57. The zero-order chi connectivity index (χ0) is 15.1. The molecule has 0 radical (unpaired) electrons. The first-order valence-corrected chi connectivity index (χ1v) is 6.50. The zero-order valence-corrected chi connectivity index (χ0v) is 12.1. The minimum absolute atomic E-state index is 0.164. The Labute approximate surface area is 119 Å². The van der Waals surface area contributed by atoms with E-state index in [1.54, 1.807) is 38.1 Å². The van der Waals surface area contributed by atoms with Crippen LogP contribution >= 0.6 is 0 Å². The highest BCUT2D eigenvalue weighted by Gasteiger charge is 2.14. The smallest absolute Gasteiger partial charge is 0.338 e. The molecule has 0 saturated carbocycles. The van der Waals surface area contributed by atoms with Crippen LogP contribution in [0, 0.1) is 0 Å². The van der Waals surface area contributed by atoms with E-state index in [9.17, 15) is 9.59 Å². The number of anilines is 1. The van der Waals surface area contributed by atoms with Gasteiger partial charge < -0.3 is 4.74 Å². The van der Waals surface area contributed by atoms with Gasteiger partial charge in [-0.25, -0.2) is 15.2 Å². The van der Waals surface area contributed by atoms with Gasteiger partial charge >= 0.3 is 5.97 Å². The van der Waals surface area contributed by atoms with E-state index in [0.29, 0.717) is 17.8 Å². The highest BCUT2D eigenvalue weighted by Crippen LogP contribution is 2.15. The molecular weight excluding hydrogens is 256 g/mol. The molecule has 0 bridgehead atoms. The van der Waals surface area contributed by atoms with Crippen molar-refractivity contribution in [3.8, 4) is 0 Å². The van der Waals surface area contributed by atoms with Crippen molar-refractivity contribution in [3.05, 3.63) is 42.5 Å². The molecule has 0 aliphatic rings. The Bertz CT molecular complexity index is 480. The van der Waals surface area contributed by atoms with Crippen LogP contribution in [0.5, 0.6) is 0 Å². The van der Waals surface area contributed by atoms with Crippen molar-refractivity contribution in [2.24, 2.45) is 0 Å². The minimum atomic E-state index is -0.378. The number of rotatable bonds is 6. The van der Waals surface area contributed by atoms with Crippen LogP contribution in [-0.4, -0.2) is 24.5 Å². The number of ether oxygens (including phenoxy) is 1. The number of hydrazine groups is 1. The fourth-order valence-electron chi connectivity index (χ4n) is 1.57. The molecule has 0 saturated heterocycles. The summed E-state index contributed by atoms with van der Waals surface area (Å²) in [6, 6.07) is 6.61. The van der Waals surface area contributed by atoms with E-state index in [1.165, 1.54) is 11.1 Å². The number of esters is 1. The summed E-state index contributed by atoms with van der Waals surface area (Å²) in [5.41, 5.74) is 4.01. The molecule has 1 aromatic rings. The van der Waals surface area contributed by atoms with Crippen molar-refractivity contribution in [2.45, 2.75) is 26.9 Å². The van der Waals surface area contributed by atoms with E-state index in [-0.39, 0.29) is 18.0 Å². The lowest BCUT2D eigenvalue weighted by Crippen LogP contribution is -2.42. The van der Waals surface area contributed by atoms with Crippen LogP contribution in [-0.2, 0) is 9.53 Å². The topological polar surface area (TPSA) is 58.6 Å². The molecule has 5 heteroatoms. The van der Waals surface area contributed by atoms with Crippen LogP contribution < -0.4 is 10.4 Å². The van der Waals surface area contributed by atoms with Crippen molar-refractivity contribution >= 4 is 17.6 Å². The number of carbonyl (C=O) groups excluding carboxylic acids is 2. The highest BCUT2D eigenvalue weighted by molar-refractivity contribution is 6.00. The molecule has 0 fully saturated rings. The van der Waals surface area contributed by atoms with Crippen LogP contribution in [0.2, 0.25) is 0 Å². The standard InChI is InChI=1S/C15H20N2O3/c1-5-14(18)17(16-6-2)13-9-7-12(8-10-13)15(19)20-11(3)4/h5,7-11,16H,1,6H2,2-4H3. The van der Waals surface area contributed by atoms with E-state index >= 15 is 0 Å². The molecular formula is C15H20N2O3. The summed E-state index contributed by atoms with van der Waals surface area (Å²) in [7, 11) is 0. The van der Waals surface area contributed by atoms with Crippen LogP contribution in [0.4, 0.5) is 5.69 Å². The number of amides is 1. The number of nitrogens with zero attached hydrogens (tertiary/aromatic N) is 1. The maximum absolute atomic E-state index is 11.7. The van der Waals surface area contributed by atoms with Gasteiger partial charge in [0, 0.05) is 6.54 Å². The summed E-state index contributed by atoms with van der Waals surface area (Å²) in [5.74, 6) is -0.638. The van der Waals surface area contributed by atoms with E-state index in [2.05, 4.69) is 12.0 Å². The second-order valence-electron chi connectivity index (χ2n) is 4.39. The molecule has 1 N–H and O–H groups in total. The van der Waals surface area contributed by atoms with Crippen LogP contribution in [0.15, 0.2) is 36.9 Å². The average Bonchev–Trinajstić information content (AvgIpc) is 2.43. The van der Waals surface area contributed by atoms with Gasteiger partial charge in [0.25, 0.3) is 5.91 Å². The molecule has 1 aromatic carbocycles. The maximum Gasteiger partial charge on any atom is 0.338 e. The van der Waals surface area contributed by atoms with E-state index in [4.69, 9.17) is 4.74 Å². The monoisotopic (exact) mass is 276 g/mol. The largest absolute Gasteiger partial charge is 0.459 e. The maximum atomic E-state index is 11.7. The lowest BCUT2D eigenvalue weighted by atomic mass is 10.2. The lowest BCUT2D eigenvalue weighted by Gasteiger charge is -2.21. The first kappa shape index (κ1) is 15.9. The second-order valence-corrected chi connectivity index (χ2v) is 4.39. The fraction of sp³-hybridized carbons (Fsp3) is 0.333. The van der Waals surface area contributed by atoms with Crippen LogP contribution in [0.3, 0.4) is 0 Å². The Morgan fingerprint density at radius 1 is 1.35 bits per heavy atom. The van der Waals surface area contributed by atoms with Gasteiger partial charge in [-0.05, 0) is 44.2 Å². The van der Waals surface area contributed by atoms with Gasteiger partial charge in [-0.3, -0.25) is 4.79 Å². The molecule has 0 spiro atoms. The molecule has 0 aromatic heterocycles. The number of carbonyl (C=O) groups is 2. The molecule has 1 rings (SSSR count). The Hall–Kier alpha value is -2.14. The number of hydrogen-bond acceptors (Lipinski definition) is 4. The number of nitrogens with one attached hydrogen (secondary N) is 1. The minimum Gasteiger partial charge on any atom is -0.459 e. The van der Waals surface area contributed by atoms with Gasteiger partial charge in [-0.2, -0.15) is 0 Å². The third kappa shape index (κ3) is 4.20. The summed E-state index contributed by atoms with van der Waals surface area (Å²) in [6.45, 7) is 9.53. The Kier molecular flexibility index (Phi) is 5.93. The van der Waals surface area contributed by atoms with Crippen molar-refractivity contribution in [2.75, 3.05) is 11.6 Å². The van der Waals surface area contributed by atoms with Crippen molar-refractivity contribution in [1.29, 1.82) is 0 Å². The van der Waals surface area contributed by atoms with E-state index < -0.39 is 0 Å². The van der Waals surface area contributed by atoms with Crippen molar-refractivity contribution in [3.63, 3.8) is 0 Å². The highest BCUT2D eigenvalue weighted by atomic mass is 16.5.